The molecule has 0 radical (unpaired) electrons. The number of hydrogen-bond donors (Lipinski definition) is 1. The fourth-order valence-corrected chi connectivity index (χ4v) is 4.56. The minimum absolute atomic E-state index is 0.0943. The fourth-order valence-electron chi connectivity index (χ4n) is 4.56. The highest BCUT2D eigenvalue weighted by atomic mass is 16.3. The SMILES string of the molecule is CC1(C)CCC(O)C(N2CCC(N3CCCCC3)C2)C1. The Morgan fingerprint density at radius 3 is 2.45 bits per heavy atom. The van der Waals surface area contributed by atoms with Crippen molar-refractivity contribution in [2.24, 2.45) is 5.41 Å². The van der Waals surface area contributed by atoms with Gasteiger partial charge in [-0.2, -0.15) is 0 Å². The van der Waals surface area contributed by atoms with Gasteiger partial charge in [0.15, 0.2) is 0 Å². The second kappa shape index (κ2) is 5.94. The van der Waals surface area contributed by atoms with Crippen molar-refractivity contribution >= 4 is 0 Å². The smallest absolute Gasteiger partial charge is 0.0695 e. The predicted octanol–water partition coefficient (Wildman–Crippen LogP) is 2.49. The van der Waals surface area contributed by atoms with Crippen LogP contribution in [0.15, 0.2) is 0 Å². The van der Waals surface area contributed by atoms with Crippen molar-refractivity contribution in [1.29, 1.82) is 0 Å². The van der Waals surface area contributed by atoms with E-state index in [1.807, 2.05) is 0 Å². The molecule has 1 saturated carbocycles. The lowest BCUT2D eigenvalue weighted by Gasteiger charge is -2.43. The zero-order chi connectivity index (χ0) is 14.2. The third kappa shape index (κ3) is 3.20. The summed E-state index contributed by atoms with van der Waals surface area (Å²) in [5.74, 6) is 0. The average molecular weight is 280 g/mol. The van der Waals surface area contributed by atoms with Crippen molar-refractivity contribution in [3.8, 4) is 0 Å². The van der Waals surface area contributed by atoms with Crippen molar-refractivity contribution < 1.29 is 5.11 Å². The molecule has 20 heavy (non-hydrogen) atoms. The molecule has 1 N–H and O–H groups in total. The number of hydrogen-bond acceptors (Lipinski definition) is 3. The van der Waals surface area contributed by atoms with Crippen LogP contribution in [0.5, 0.6) is 0 Å². The summed E-state index contributed by atoms with van der Waals surface area (Å²) < 4.78 is 0. The molecule has 0 aromatic carbocycles. The molecule has 0 bridgehead atoms. The van der Waals surface area contributed by atoms with Crippen LogP contribution in [0.4, 0.5) is 0 Å². The Kier molecular flexibility index (Phi) is 4.40. The Hall–Kier alpha value is -0.120. The molecule has 0 aromatic rings. The first-order valence-corrected chi connectivity index (χ1v) is 8.71. The minimum atomic E-state index is -0.0943. The Morgan fingerprint density at radius 1 is 0.950 bits per heavy atom. The van der Waals surface area contributed by atoms with Crippen molar-refractivity contribution in [1.82, 2.24) is 9.80 Å². The van der Waals surface area contributed by atoms with Gasteiger partial charge in [0.25, 0.3) is 0 Å². The van der Waals surface area contributed by atoms with E-state index < -0.39 is 0 Å². The van der Waals surface area contributed by atoms with Gasteiger partial charge in [0.05, 0.1) is 6.10 Å². The largest absolute Gasteiger partial charge is 0.391 e. The molecule has 3 rings (SSSR count). The highest BCUT2D eigenvalue weighted by Crippen LogP contribution is 2.38. The molecule has 0 aromatic heterocycles. The van der Waals surface area contributed by atoms with Crippen molar-refractivity contribution in [2.75, 3.05) is 26.2 Å². The Labute approximate surface area is 124 Å². The summed E-state index contributed by atoms with van der Waals surface area (Å²) in [6.07, 6.45) is 8.73. The first kappa shape index (κ1) is 14.8. The molecule has 3 aliphatic rings. The number of aliphatic hydroxyl groups excluding tert-OH is 1. The maximum atomic E-state index is 10.4. The second-order valence-corrected chi connectivity index (χ2v) is 8.08. The second-order valence-electron chi connectivity index (χ2n) is 8.08. The van der Waals surface area contributed by atoms with Gasteiger partial charge in [0.2, 0.25) is 0 Å². The van der Waals surface area contributed by atoms with Gasteiger partial charge in [-0.25, -0.2) is 0 Å². The maximum absolute atomic E-state index is 10.4. The lowest BCUT2D eigenvalue weighted by molar-refractivity contribution is -0.0111. The van der Waals surface area contributed by atoms with Gasteiger partial charge in [-0.15, -0.1) is 0 Å². The lowest BCUT2D eigenvalue weighted by Crippen LogP contribution is -2.49. The van der Waals surface area contributed by atoms with Crippen LogP contribution in [0.3, 0.4) is 0 Å². The molecule has 2 aliphatic heterocycles. The van der Waals surface area contributed by atoms with E-state index in [1.54, 1.807) is 0 Å². The van der Waals surface area contributed by atoms with Crippen LogP contribution in [-0.2, 0) is 0 Å². The van der Waals surface area contributed by atoms with Gasteiger partial charge >= 0.3 is 0 Å². The number of likely N-dealkylation sites (tertiary alicyclic amines) is 2. The molecule has 3 fully saturated rings. The molecule has 2 saturated heterocycles. The van der Waals surface area contributed by atoms with E-state index >= 15 is 0 Å². The summed E-state index contributed by atoms with van der Waals surface area (Å²) >= 11 is 0. The molecule has 116 valence electrons. The van der Waals surface area contributed by atoms with Crippen LogP contribution in [0, 0.1) is 5.41 Å². The van der Waals surface area contributed by atoms with Crippen molar-refractivity contribution in [3.63, 3.8) is 0 Å². The zero-order valence-electron chi connectivity index (χ0n) is 13.4. The van der Waals surface area contributed by atoms with Gasteiger partial charge < -0.3 is 5.11 Å². The summed E-state index contributed by atoms with van der Waals surface area (Å²) in [6, 6.07) is 1.17. The first-order valence-electron chi connectivity index (χ1n) is 8.71. The Morgan fingerprint density at radius 2 is 1.70 bits per heavy atom. The van der Waals surface area contributed by atoms with Crippen LogP contribution >= 0.6 is 0 Å². The predicted molar refractivity (Wildman–Crippen MR) is 82.8 cm³/mol. The van der Waals surface area contributed by atoms with E-state index in [4.69, 9.17) is 0 Å². The zero-order valence-corrected chi connectivity index (χ0v) is 13.4. The van der Waals surface area contributed by atoms with Gasteiger partial charge in [-0.3, -0.25) is 9.80 Å². The highest BCUT2D eigenvalue weighted by Gasteiger charge is 2.40. The van der Waals surface area contributed by atoms with Crippen LogP contribution in [0.25, 0.3) is 0 Å². The molecule has 0 spiro atoms. The Bertz CT molecular complexity index is 325. The van der Waals surface area contributed by atoms with Gasteiger partial charge in [-0.05, 0) is 57.0 Å². The van der Waals surface area contributed by atoms with Gasteiger partial charge in [-0.1, -0.05) is 20.3 Å². The Balaban J connectivity index is 1.58. The number of piperidine rings is 1. The minimum Gasteiger partial charge on any atom is -0.391 e. The van der Waals surface area contributed by atoms with Crippen LogP contribution in [0.1, 0.15) is 58.8 Å². The lowest BCUT2D eigenvalue weighted by atomic mass is 9.73. The molecule has 3 atom stereocenters. The quantitative estimate of drug-likeness (QED) is 0.842. The van der Waals surface area contributed by atoms with E-state index in [-0.39, 0.29) is 6.10 Å². The third-order valence-electron chi connectivity index (χ3n) is 5.89. The summed E-state index contributed by atoms with van der Waals surface area (Å²) in [7, 11) is 0. The summed E-state index contributed by atoms with van der Waals surface area (Å²) in [5.41, 5.74) is 0.410. The summed E-state index contributed by atoms with van der Waals surface area (Å²) in [6.45, 7) is 9.72. The fraction of sp³-hybridized carbons (Fsp3) is 1.00. The van der Waals surface area contributed by atoms with Crippen LogP contribution < -0.4 is 0 Å². The van der Waals surface area contributed by atoms with E-state index in [1.165, 1.54) is 64.7 Å². The standard InChI is InChI=1S/C17H32N2O/c1-17(2)8-6-16(20)15(12-17)19-11-7-14(13-19)18-9-4-3-5-10-18/h14-16,20H,3-13H2,1-2H3. The van der Waals surface area contributed by atoms with Crippen LogP contribution in [-0.4, -0.2) is 59.3 Å². The monoisotopic (exact) mass is 280 g/mol. The molecule has 3 nitrogen and oxygen atoms in total. The summed E-state index contributed by atoms with van der Waals surface area (Å²) in [4.78, 5) is 5.31. The summed E-state index contributed by atoms with van der Waals surface area (Å²) in [5, 5.41) is 10.4. The van der Waals surface area contributed by atoms with Crippen molar-refractivity contribution in [3.05, 3.63) is 0 Å². The molecule has 1 aliphatic carbocycles. The molecular weight excluding hydrogens is 248 g/mol. The van der Waals surface area contributed by atoms with Gasteiger partial charge in [0.1, 0.15) is 0 Å². The number of aliphatic hydroxyl groups is 1. The number of rotatable bonds is 2. The highest BCUT2D eigenvalue weighted by molar-refractivity contribution is 4.95. The maximum Gasteiger partial charge on any atom is 0.0695 e. The third-order valence-corrected chi connectivity index (χ3v) is 5.89. The molecule has 2 heterocycles. The first-order chi connectivity index (χ1) is 9.55. The number of nitrogens with zero attached hydrogens (tertiary/aromatic N) is 2. The van der Waals surface area contributed by atoms with Crippen LogP contribution in [0.2, 0.25) is 0 Å². The molecular formula is C17H32N2O. The van der Waals surface area contributed by atoms with E-state index in [0.29, 0.717) is 11.5 Å². The molecule has 3 heteroatoms. The van der Waals surface area contributed by atoms with Crippen molar-refractivity contribution in [2.45, 2.75) is 77.0 Å². The van der Waals surface area contributed by atoms with E-state index in [0.717, 1.165) is 12.5 Å². The van der Waals surface area contributed by atoms with E-state index in [2.05, 4.69) is 23.6 Å². The molecule has 0 amide bonds. The average Bonchev–Trinajstić information content (AvgIpc) is 2.92. The van der Waals surface area contributed by atoms with Gasteiger partial charge in [0, 0.05) is 25.2 Å². The topological polar surface area (TPSA) is 26.7 Å². The normalized spacial score (nSPS) is 40.0. The molecule has 3 unspecified atom stereocenters. The van der Waals surface area contributed by atoms with E-state index in [9.17, 15) is 5.11 Å².